The number of benzene rings is 2. The summed E-state index contributed by atoms with van der Waals surface area (Å²) in [5, 5.41) is 2.36. The third-order valence-electron chi connectivity index (χ3n) is 4.36. The monoisotopic (exact) mass is 351 g/mol. The summed E-state index contributed by atoms with van der Waals surface area (Å²) >= 11 is 1.81. The van der Waals surface area contributed by atoms with Gasteiger partial charge in [-0.25, -0.2) is 4.98 Å². The number of para-hydroxylation sites is 1. The first kappa shape index (κ1) is 17.8. The van der Waals surface area contributed by atoms with E-state index in [0.29, 0.717) is 0 Å². The fourth-order valence-corrected chi connectivity index (χ4v) is 3.74. The van der Waals surface area contributed by atoms with E-state index in [2.05, 4.69) is 69.3 Å². The largest absolute Gasteiger partial charge is 0.494 e. The molecule has 130 valence electrons. The van der Waals surface area contributed by atoms with Gasteiger partial charge in [0.15, 0.2) is 0 Å². The Bertz CT molecular complexity index is 843. The fraction of sp³-hybridized carbons (Fsp3) is 0.318. The summed E-state index contributed by atoms with van der Waals surface area (Å²) in [5.41, 5.74) is 5.00. The van der Waals surface area contributed by atoms with E-state index < -0.39 is 0 Å². The Morgan fingerprint density at radius 1 is 1.00 bits per heavy atom. The molecule has 0 fully saturated rings. The van der Waals surface area contributed by atoms with Gasteiger partial charge in [0.2, 0.25) is 0 Å². The lowest BCUT2D eigenvalue weighted by atomic mass is 10.1. The summed E-state index contributed by atoms with van der Waals surface area (Å²) in [6, 6.07) is 17.0. The molecule has 3 heteroatoms. The summed E-state index contributed by atoms with van der Waals surface area (Å²) < 4.78 is 5.82. The van der Waals surface area contributed by atoms with Crippen LogP contribution in [-0.2, 0) is 6.42 Å². The zero-order chi connectivity index (χ0) is 17.6. The predicted octanol–water partition coefficient (Wildman–Crippen LogP) is 5.98. The van der Waals surface area contributed by atoms with Crippen molar-refractivity contribution in [3.63, 3.8) is 0 Å². The average Bonchev–Trinajstić information content (AvgIpc) is 2.63. The lowest BCUT2D eigenvalue weighted by molar-refractivity contribution is 0.318. The Morgan fingerprint density at radius 3 is 2.56 bits per heavy atom. The van der Waals surface area contributed by atoms with Crippen LogP contribution in [0.15, 0.2) is 53.6 Å². The highest BCUT2D eigenvalue weighted by atomic mass is 32.2. The minimum absolute atomic E-state index is 0.740. The molecule has 0 aliphatic carbocycles. The van der Waals surface area contributed by atoms with E-state index in [1.165, 1.54) is 22.1 Å². The molecular weight excluding hydrogens is 326 g/mol. The molecule has 1 heterocycles. The van der Waals surface area contributed by atoms with Crippen molar-refractivity contribution in [2.75, 3.05) is 12.4 Å². The smallest absolute Gasteiger partial charge is 0.119 e. The standard InChI is InChI=1S/C22H25NOS/c1-4-18-9-11-19(12-10-18)24-13-6-14-25-21-15-17(3)20-8-5-7-16(2)22(20)23-21/h5,7-12,15H,4,6,13-14H2,1-3H3. The Balaban J connectivity index is 1.52. The van der Waals surface area contributed by atoms with Crippen LogP contribution in [0.4, 0.5) is 0 Å². The molecule has 0 spiro atoms. The minimum Gasteiger partial charge on any atom is -0.494 e. The molecule has 0 radical (unpaired) electrons. The number of hydrogen-bond acceptors (Lipinski definition) is 3. The first-order valence-corrected chi connectivity index (χ1v) is 9.87. The molecule has 0 aliphatic rings. The highest BCUT2D eigenvalue weighted by Crippen LogP contribution is 2.26. The Kier molecular flexibility index (Phi) is 5.98. The van der Waals surface area contributed by atoms with Crippen LogP contribution in [-0.4, -0.2) is 17.3 Å². The van der Waals surface area contributed by atoms with E-state index in [4.69, 9.17) is 9.72 Å². The normalized spacial score (nSPS) is 11.0. The third kappa shape index (κ3) is 4.55. The number of nitrogens with zero attached hydrogens (tertiary/aromatic N) is 1. The molecule has 3 aromatic rings. The van der Waals surface area contributed by atoms with E-state index in [0.717, 1.165) is 41.5 Å². The van der Waals surface area contributed by atoms with Crippen molar-refractivity contribution in [2.45, 2.75) is 38.6 Å². The van der Waals surface area contributed by atoms with Gasteiger partial charge in [-0.15, -0.1) is 11.8 Å². The number of aryl methyl sites for hydroxylation is 3. The van der Waals surface area contributed by atoms with Crippen molar-refractivity contribution >= 4 is 22.7 Å². The summed E-state index contributed by atoms with van der Waals surface area (Å²) in [6.45, 7) is 7.19. The van der Waals surface area contributed by atoms with Gasteiger partial charge in [-0.2, -0.15) is 0 Å². The topological polar surface area (TPSA) is 22.1 Å². The van der Waals surface area contributed by atoms with Crippen LogP contribution >= 0.6 is 11.8 Å². The van der Waals surface area contributed by atoms with Gasteiger partial charge in [0.25, 0.3) is 0 Å². The Morgan fingerprint density at radius 2 is 1.80 bits per heavy atom. The molecule has 2 aromatic carbocycles. The lowest BCUT2D eigenvalue weighted by Crippen LogP contribution is -1.99. The average molecular weight is 352 g/mol. The summed E-state index contributed by atoms with van der Waals surface area (Å²) in [4.78, 5) is 4.83. The second kappa shape index (κ2) is 8.39. The van der Waals surface area contributed by atoms with Gasteiger partial charge < -0.3 is 4.74 Å². The lowest BCUT2D eigenvalue weighted by Gasteiger charge is -2.09. The molecule has 0 saturated carbocycles. The van der Waals surface area contributed by atoms with Crippen LogP contribution in [0.1, 0.15) is 30.0 Å². The Labute approximate surface area is 154 Å². The predicted molar refractivity (Wildman–Crippen MR) is 108 cm³/mol. The molecule has 0 amide bonds. The first-order chi connectivity index (χ1) is 12.2. The fourth-order valence-electron chi connectivity index (χ4n) is 2.85. The highest BCUT2D eigenvalue weighted by Gasteiger charge is 2.05. The summed E-state index contributed by atoms with van der Waals surface area (Å²) in [6.07, 6.45) is 2.07. The number of hydrogen-bond donors (Lipinski definition) is 0. The van der Waals surface area contributed by atoms with Crippen molar-refractivity contribution in [1.29, 1.82) is 0 Å². The molecule has 0 bridgehead atoms. The van der Waals surface area contributed by atoms with Crippen molar-refractivity contribution < 1.29 is 4.74 Å². The van der Waals surface area contributed by atoms with Crippen molar-refractivity contribution in [3.05, 3.63) is 65.2 Å². The molecule has 0 atom stereocenters. The zero-order valence-electron chi connectivity index (χ0n) is 15.2. The number of pyridine rings is 1. The second-order valence-electron chi connectivity index (χ2n) is 6.30. The molecule has 2 nitrogen and oxygen atoms in total. The summed E-state index contributed by atoms with van der Waals surface area (Å²) in [5.74, 6) is 1.97. The third-order valence-corrected chi connectivity index (χ3v) is 5.36. The molecular formula is C22H25NOS. The maximum Gasteiger partial charge on any atom is 0.119 e. The first-order valence-electron chi connectivity index (χ1n) is 8.89. The van der Waals surface area contributed by atoms with E-state index in [-0.39, 0.29) is 0 Å². The molecule has 3 rings (SSSR count). The second-order valence-corrected chi connectivity index (χ2v) is 7.41. The van der Waals surface area contributed by atoms with Gasteiger partial charge in [0.05, 0.1) is 17.1 Å². The quantitative estimate of drug-likeness (QED) is 0.386. The number of aromatic nitrogens is 1. The van der Waals surface area contributed by atoms with Gasteiger partial charge in [-0.3, -0.25) is 0 Å². The number of thioether (sulfide) groups is 1. The van der Waals surface area contributed by atoms with Crippen molar-refractivity contribution in [2.24, 2.45) is 0 Å². The van der Waals surface area contributed by atoms with Gasteiger partial charge in [-0.1, -0.05) is 37.3 Å². The molecule has 0 saturated heterocycles. The summed E-state index contributed by atoms with van der Waals surface area (Å²) in [7, 11) is 0. The van der Waals surface area contributed by atoms with Crippen LogP contribution in [0.5, 0.6) is 5.75 Å². The van der Waals surface area contributed by atoms with Crippen molar-refractivity contribution in [1.82, 2.24) is 4.98 Å². The van der Waals surface area contributed by atoms with E-state index >= 15 is 0 Å². The molecule has 0 aliphatic heterocycles. The van der Waals surface area contributed by atoms with Crippen LogP contribution in [0.25, 0.3) is 10.9 Å². The van der Waals surface area contributed by atoms with Gasteiger partial charge in [0.1, 0.15) is 5.75 Å². The van der Waals surface area contributed by atoms with Crippen LogP contribution in [0.2, 0.25) is 0 Å². The number of ether oxygens (including phenoxy) is 1. The molecule has 0 unspecified atom stereocenters. The van der Waals surface area contributed by atoms with Crippen LogP contribution in [0.3, 0.4) is 0 Å². The molecule has 25 heavy (non-hydrogen) atoms. The molecule has 0 N–H and O–H groups in total. The SMILES string of the molecule is CCc1ccc(OCCCSc2cc(C)c3cccc(C)c3n2)cc1. The number of fused-ring (bicyclic) bond motifs is 1. The maximum absolute atomic E-state index is 5.82. The van der Waals surface area contributed by atoms with Gasteiger partial charge >= 0.3 is 0 Å². The van der Waals surface area contributed by atoms with E-state index in [1.807, 2.05) is 11.8 Å². The van der Waals surface area contributed by atoms with Crippen molar-refractivity contribution in [3.8, 4) is 5.75 Å². The maximum atomic E-state index is 5.82. The number of rotatable bonds is 7. The Hall–Kier alpha value is -2.00. The minimum atomic E-state index is 0.740. The van der Waals surface area contributed by atoms with Gasteiger partial charge in [-0.05, 0) is 61.6 Å². The van der Waals surface area contributed by atoms with Crippen LogP contribution < -0.4 is 4.74 Å². The van der Waals surface area contributed by atoms with Gasteiger partial charge in [0, 0.05) is 11.1 Å². The molecule has 1 aromatic heterocycles. The van der Waals surface area contributed by atoms with E-state index in [1.54, 1.807) is 0 Å². The zero-order valence-corrected chi connectivity index (χ0v) is 16.0. The van der Waals surface area contributed by atoms with E-state index in [9.17, 15) is 0 Å². The van der Waals surface area contributed by atoms with Crippen LogP contribution in [0, 0.1) is 13.8 Å². The highest BCUT2D eigenvalue weighted by molar-refractivity contribution is 7.99.